The predicted molar refractivity (Wildman–Crippen MR) is 152 cm³/mol. The molecule has 1 saturated heterocycles. The maximum absolute atomic E-state index is 12.5. The van der Waals surface area contributed by atoms with Gasteiger partial charge in [-0.15, -0.1) is 0 Å². The smallest absolute Gasteiger partial charge is 0.257 e. The van der Waals surface area contributed by atoms with Gasteiger partial charge in [-0.1, -0.05) is 30.3 Å². The van der Waals surface area contributed by atoms with E-state index in [4.69, 9.17) is 17.0 Å². The summed E-state index contributed by atoms with van der Waals surface area (Å²) in [7, 11) is 0. The van der Waals surface area contributed by atoms with Gasteiger partial charge in [-0.2, -0.15) is 0 Å². The number of carbonyl (C=O) groups excluding carboxylic acids is 2. The van der Waals surface area contributed by atoms with Crippen LogP contribution in [0.3, 0.4) is 0 Å². The first kappa shape index (κ1) is 25.9. The van der Waals surface area contributed by atoms with E-state index in [-0.39, 0.29) is 16.9 Å². The highest BCUT2D eigenvalue weighted by Crippen LogP contribution is 2.20. The second-order valence-electron chi connectivity index (χ2n) is 8.47. The number of carbonyl (C=O) groups is 2. The fourth-order valence-electron chi connectivity index (χ4n) is 3.98. The Labute approximate surface area is 222 Å². The van der Waals surface area contributed by atoms with Crippen molar-refractivity contribution in [1.29, 1.82) is 0 Å². The summed E-state index contributed by atoms with van der Waals surface area (Å²) in [5.41, 5.74) is 3.36. The topological polar surface area (TPSA) is 73.9 Å². The molecule has 0 spiro atoms. The summed E-state index contributed by atoms with van der Waals surface area (Å²) in [6, 6.07) is 24.6. The van der Waals surface area contributed by atoms with E-state index in [2.05, 4.69) is 15.5 Å². The van der Waals surface area contributed by atoms with Crippen molar-refractivity contribution in [2.45, 2.75) is 6.92 Å². The van der Waals surface area contributed by atoms with Gasteiger partial charge in [-0.3, -0.25) is 14.9 Å². The van der Waals surface area contributed by atoms with Gasteiger partial charge in [0.1, 0.15) is 5.75 Å². The van der Waals surface area contributed by atoms with Gasteiger partial charge in [-0.25, -0.2) is 0 Å². The summed E-state index contributed by atoms with van der Waals surface area (Å²) in [4.78, 5) is 29.1. The van der Waals surface area contributed by atoms with E-state index in [1.54, 1.807) is 30.3 Å². The molecule has 0 unspecified atom stereocenters. The Balaban J connectivity index is 1.23. The summed E-state index contributed by atoms with van der Waals surface area (Å²) in [6.45, 7) is 5.33. The van der Waals surface area contributed by atoms with Crippen LogP contribution in [0.1, 0.15) is 22.8 Å². The Bertz CT molecular complexity index is 1240. The molecule has 8 heteroatoms. The molecular weight excluding hydrogens is 484 g/mol. The zero-order chi connectivity index (χ0) is 26.0. The van der Waals surface area contributed by atoms with Gasteiger partial charge in [-0.05, 0) is 79.3 Å². The number of hydrogen-bond acceptors (Lipinski definition) is 5. The molecule has 0 bridgehead atoms. The van der Waals surface area contributed by atoms with Gasteiger partial charge in [0.15, 0.2) is 5.11 Å². The molecular formula is C29H30N4O3S. The Kier molecular flexibility index (Phi) is 8.89. The van der Waals surface area contributed by atoms with Crippen molar-refractivity contribution in [3.8, 4) is 5.75 Å². The lowest BCUT2D eigenvalue weighted by Crippen LogP contribution is -2.48. The van der Waals surface area contributed by atoms with E-state index in [1.165, 1.54) is 0 Å². The van der Waals surface area contributed by atoms with Crippen LogP contribution in [-0.2, 0) is 4.79 Å². The number of rotatable bonds is 7. The first-order valence-electron chi connectivity index (χ1n) is 12.2. The Morgan fingerprint density at radius 1 is 0.919 bits per heavy atom. The molecule has 4 rings (SSSR count). The van der Waals surface area contributed by atoms with Gasteiger partial charge in [0, 0.05) is 49.2 Å². The Morgan fingerprint density at radius 3 is 2.24 bits per heavy atom. The lowest BCUT2D eigenvalue weighted by Gasteiger charge is -2.35. The number of nitrogens with zero attached hydrogens (tertiary/aromatic N) is 2. The van der Waals surface area contributed by atoms with Crippen molar-refractivity contribution in [1.82, 2.24) is 10.2 Å². The van der Waals surface area contributed by atoms with Crippen molar-refractivity contribution in [2.24, 2.45) is 0 Å². The lowest BCUT2D eigenvalue weighted by atomic mass is 10.2. The predicted octanol–water partition coefficient (Wildman–Crippen LogP) is 4.57. The second kappa shape index (κ2) is 12.7. The number of ether oxygens (including phenoxy) is 1. The third-order valence-electron chi connectivity index (χ3n) is 5.95. The molecule has 0 aromatic heterocycles. The molecule has 0 saturated carbocycles. The van der Waals surface area contributed by atoms with Crippen LogP contribution in [0.2, 0.25) is 0 Å². The molecule has 1 aliphatic rings. The van der Waals surface area contributed by atoms with Crippen LogP contribution in [-0.4, -0.2) is 54.6 Å². The van der Waals surface area contributed by atoms with Crippen molar-refractivity contribution >= 4 is 46.6 Å². The molecule has 190 valence electrons. The van der Waals surface area contributed by atoms with Crippen molar-refractivity contribution < 1.29 is 14.3 Å². The number of nitrogens with one attached hydrogen (secondary N) is 2. The highest BCUT2D eigenvalue weighted by atomic mass is 32.1. The highest BCUT2D eigenvalue weighted by molar-refractivity contribution is 7.80. The Morgan fingerprint density at radius 2 is 1.59 bits per heavy atom. The molecule has 0 atom stereocenters. The summed E-state index contributed by atoms with van der Waals surface area (Å²) in [5, 5.41) is 5.97. The number of thiocarbonyl (C=S) groups is 1. The third-order valence-corrected chi connectivity index (χ3v) is 6.16. The van der Waals surface area contributed by atoms with Gasteiger partial charge in [0.2, 0.25) is 5.91 Å². The first-order valence-corrected chi connectivity index (χ1v) is 12.6. The van der Waals surface area contributed by atoms with Crippen molar-refractivity contribution in [3.05, 3.63) is 96.1 Å². The molecule has 7 nitrogen and oxygen atoms in total. The monoisotopic (exact) mass is 514 g/mol. The van der Waals surface area contributed by atoms with Crippen LogP contribution in [0, 0.1) is 0 Å². The van der Waals surface area contributed by atoms with Crippen LogP contribution >= 0.6 is 12.2 Å². The van der Waals surface area contributed by atoms with Gasteiger partial charge in [0.05, 0.1) is 6.61 Å². The molecule has 3 aromatic carbocycles. The quantitative estimate of drug-likeness (QED) is 0.355. The molecule has 0 radical (unpaired) electrons. The SMILES string of the molecule is CCOc1ccc(C(=O)NC(=S)Nc2ccc(N3CCN(C(=O)/C=C/c4ccccc4)CC3)cc2)cc1. The summed E-state index contributed by atoms with van der Waals surface area (Å²) in [5.74, 6) is 0.458. The zero-order valence-corrected chi connectivity index (χ0v) is 21.5. The van der Waals surface area contributed by atoms with Crippen molar-refractivity contribution in [3.63, 3.8) is 0 Å². The minimum atomic E-state index is -0.289. The summed E-state index contributed by atoms with van der Waals surface area (Å²) < 4.78 is 5.40. The minimum Gasteiger partial charge on any atom is -0.494 e. The van der Waals surface area contributed by atoms with Gasteiger partial charge < -0.3 is 19.9 Å². The second-order valence-corrected chi connectivity index (χ2v) is 8.88. The van der Waals surface area contributed by atoms with Gasteiger partial charge in [0.25, 0.3) is 5.91 Å². The Hall–Kier alpha value is -4.17. The molecule has 1 heterocycles. The normalized spacial score (nSPS) is 13.3. The largest absolute Gasteiger partial charge is 0.494 e. The van der Waals surface area contributed by atoms with Crippen LogP contribution in [0.4, 0.5) is 11.4 Å². The maximum atomic E-state index is 12.5. The summed E-state index contributed by atoms with van der Waals surface area (Å²) in [6.07, 6.45) is 3.49. The maximum Gasteiger partial charge on any atom is 0.257 e. The fraction of sp³-hybridized carbons (Fsp3) is 0.207. The van der Waals surface area contributed by atoms with Crippen LogP contribution in [0.25, 0.3) is 6.08 Å². The average molecular weight is 515 g/mol. The summed E-state index contributed by atoms with van der Waals surface area (Å²) >= 11 is 5.31. The molecule has 3 aromatic rings. The van der Waals surface area contributed by atoms with E-state index in [0.29, 0.717) is 31.0 Å². The number of hydrogen-bond donors (Lipinski definition) is 2. The van der Waals surface area contributed by atoms with Crippen molar-refractivity contribution in [2.75, 3.05) is 43.0 Å². The first-order chi connectivity index (χ1) is 18.0. The van der Waals surface area contributed by atoms with Crippen LogP contribution in [0.5, 0.6) is 5.75 Å². The van der Waals surface area contributed by atoms with E-state index >= 15 is 0 Å². The fourth-order valence-corrected chi connectivity index (χ4v) is 4.20. The minimum absolute atomic E-state index is 0.0313. The van der Waals surface area contributed by atoms with Gasteiger partial charge >= 0.3 is 0 Å². The lowest BCUT2D eigenvalue weighted by molar-refractivity contribution is -0.126. The van der Waals surface area contributed by atoms with E-state index < -0.39 is 0 Å². The average Bonchev–Trinajstić information content (AvgIpc) is 2.93. The molecule has 2 N–H and O–H groups in total. The number of anilines is 2. The molecule has 1 fully saturated rings. The zero-order valence-electron chi connectivity index (χ0n) is 20.7. The van der Waals surface area contributed by atoms with E-state index in [1.807, 2.05) is 72.5 Å². The third kappa shape index (κ3) is 7.41. The molecule has 1 aliphatic heterocycles. The number of benzene rings is 3. The van der Waals surface area contributed by atoms with E-state index in [9.17, 15) is 9.59 Å². The van der Waals surface area contributed by atoms with Crippen LogP contribution in [0.15, 0.2) is 84.9 Å². The molecule has 2 amide bonds. The number of amides is 2. The number of piperazine rings is 1. The molecule has 37 heavy (non-hydrogen) atoms. The van der Waals surface area contributed by atoms with Crippen LogP contribution < -0.4 is 20.3 Å². The van der Waals surface area contributed by atoms with E-state index in [0.717, 1.165) is 30.0 Å². The molecule has 0 aliphatic carbocycles. The standard InChI is InChI=1S/C29H30N4O3S/c1-2-36-26-15-9-23(10-16-26)28(35)31-29(37)30-24-11-13-25(14-12-24)32-18-20-33(21-19-32)27(34)17-8-22-6-4-3-5-7-22/h3-17H,2,18-21H2,1H3,(H2,30,31,35,37)/b17-8+. The highest BCUT2D eigenvalue weighted by Gasteiger charge is 2.20.